The molecule has 0 bridgehead atoms. The van der Waals surface area contributed by atoms with E-state index in [2.05, 4.69) is 14.9 Å². The van der Waals surface area contributed by atoms with Crippen LogP contribution in [0.25, 0.3) is 10.9 Å². The number of nitrogen functional groups attached to an aromatic ring is 1. The quantitative estimate of drug-likeness (QED) is 0.256. The van der Waals surface area contributed by atoms with E-state index in [0.29, 0.717) is 47.4 Å². The van der Waals surface area contributed by atoms with Gasteiger partial charge in [0.2, 0.25) is 5.88 Å². The molecule has 3 heterocycles. The number of aryl methyl sites for hydroxylation is 1. The lowest BCUT2D eigenvalue weighted by Crippen LogP contribution is -2.20. The molecule has 1 fully saturated rings. The molecule has 0 saturated carbocycles. The largest absolute Gasteiger partial charge is 0.494 e. The van der Waals surface area contributed by atoms with Gasteiger partial charge in [-0.1, -0.05) is 12.1 Å². The Labute approximate surface area is 247 Å². The van der Waals surface area contributed by atoms with Crippen molar-refractivity contribution in [3.05, 3.63) is 71.3 Å². The first-order valence-electron chi connectivity index (χ1n) is 13.6. The summed E-state index contributed by atoms with van der Waals surface area (Å²) in [5, 5.41) is 10.1. The first-order chi connectivity index (χ1) is 20.4. The Morgan fingerprint density at radius 1 is 1.14 bits per heavy atom. The molecule has 0 radical (unpaired) electrons. The van der Waals surface area contributed by atoms with Crippen molar-refractivity contribution in [3.8, 4) is 17.4 Å². The maximum Gasteiger partial charge on any atom is 0.416 e. The molecule has 230 valence electrons. The number of aromatic carboxylic acids is 1. The number of nitrogens with two attached hydrogens (primary N) is 1. The van der Waals surface area contributed by atoms with Crippen LogP contribution in [0.2, 0.25) is 0 Å². The maximum atomic E-state index is 12.8. The molecule has 5 rings (SSSR count). The maximum absolute atomic E-state index is 12.8. The molecule has 4 aromatic rings. The van der Waals surface area contributed by atoms with Gasteiger partial charge in [-0.05, 0) is 64.3 Å². The van der Waals surface area contributed by atoms with E-state index >= 15 is 0 Å². The van der Waals surface area contributed by atoms with Crippen molar-refractivity contribution in [2.75, 3.05) is 40.0 Å². The smallest absolute Gasteiger partial charge is 0.416 e. The summed E-state index contributed by atoms with van der Waals surface area (Å²) in [6, 6.07) is 10.8. The first kappa shape index (κ1) is 31.6. The summed E-state index contributed by atoms with van der Waals surface area (Å²) in [7, 11) is 7.01. The van der Waals surface area contributed by atoms with Gasteiger partial charge in [0, 0.05) is 36.8 Å². The van der Waals surface area contributed by atoms with Gasteiger partial charge in [-0.2, -0.15) is 18.2 Å². The Hall–Kier alpha value is -4.36. The van der Waals surface area contributed by atoms with E-state index in [0.717, 1.165) is 43.5 Å². The number of hydrogen-bond donors (Lipinski definition) is 2. The standard InChI is InChI=1S/C17H18N4O3.C13H17F3N2O/c1-20(2)10-14-18-8-7-15(19-14)24-13-6-4-5-11-9-12(17(22)23)21(3)16(11)13;1-19-12-9(8-18-4-2-3-5-18)6-10(7-11(12)17)13(14,15)16/h4-9H,10H2,1-3H3,(H,22,23);6-7H,2-5,8,17H2,1H3. The number of carboxylic acids is 1. The summed E-state index contributed by atoms with van der Waals surface area (Å²) < 4.78 is 51.0. The number of para-hydroxylation sites is 1. The number of aromatic nitrogens is 3. The van der Waals surface area contributed by atoms with Crippen molar-refractivity contribution in [3.63, 3.8) is 0 Å². The molecule has 2 aromatic heterocycles. The number of anilines is 1. The van der Waals surface area contributed by atoms with Gasteiger partial charge in [-0.3, -0.25) is 4.90 Å². The molecular weight excluding hydrogens is 565 g/mol. The summed E-state index contributed by atoms with van der Waals surface area (Å²) in [5.74, 6) is 1.00. The van der Waals surface area contributed by atoms with Crippen LogP contribution in [0.3, 0.4) is 0 Å². The van der Waals surface area contributed by atoms with Crippen molar-refractivity contribution in [2.24, 2.45) is 7.05 Å². The summed E-state index contributed by atoms with van der Waals surface area (Å²) in [6.45, 7) is 2.85. The summed E-state index contributed by atoms with van der Waals surface area (Å²) >= 11 is 0. The van der Waals surface area contributed by atoms with Crippen LogP contribution in [0.15, 0.2) is 48.7 Å². The number of ether oxygens (including phenoxy) is 2. The van der Waals surface area contributed by atoms with Crippen molar-refractivity contribution >= 4 is 22.6 Å². The summed E-state index contributed by atoms with van der Waals surface area (Å²) in [6.07, 6.45) is -0.581. The van der Waals surface area contributed by atoms with Crippen LogP contribution in [-0.2, 0) is 26.3 Å². The monoisotopic (exact) mass is 600 g/mol. The van der Waals surface area contributed by atoms with Crippen LogP contribution in [0.4, 0.5) is 18.9 Å². The minimum Gasteiger partial charge on any atom is -0.494 e. The zero-order valence-corrected chi connectivity index (χ0v) is 24.5. The second kappa shape index (κ2) is 13.3. The van der Waals surface area contributed by atoms with Gasteiger partial charge in [0.1, 0.15) is 17.3 Å². The third-order valence-electron chi connectivity index (χ3n) is 6.91. The fourth-order valence-electron chi connectivity index (χ4n) is 5.00. The van der Waals surface area contributed by atoms with E-state index in [4.69, 9.17) is 15.2 Å². The predicted molar refractivity (Wildman–Crippen MR) is 156 cm³/mol. The Bertz CT molecular complexity index is 1580. The highest BCUT2D eigenvalue weighted by Crippen LogP contribution is 2.37. The Balaban J connectivity index is 0.000000203. The van der Waals surface area contributed by atoms with E-state index in [-0.39, 0.29) is 11.4 Å². The van der Waals surface area contributed by atoms with Crippen LogP contribution in [-0.4, -0.2) is 69.7 Å². The van der Waals surface area contributed by atoms with Crippen LogP contribution in [0.1, 0.15) is 40.3 Å². The minimum absolute atomic E-state index is 0.0338. The van der Waals surface area contributed by atoms with Crippen LogP contribution >= 0.6 is 0 Å². The lowest BCUT2D eigenvalue weighted by Gasteiger charge is -2.19. The molecular formula is C30H35F3N6O4. The molecule has 2 aromatic carbocycles. The van der Waals surface area contributed by atoms with Crippen LogP contribution < -0.4 is 15.2 Å². The zero-order chi connectivity index (χ0) is 31.3. The highest BCUT2D eigenvalue weighted by molar-refractivity contribution is 5.96. The SMILES string of the molecule is CN(C)Cc1nccc(Oc2cccc3cc(C(=O)O)n(C)c23)n1.COc1c(N)cc(C(F)(F)F)cc1CN1CCCC1. The average Bonchev–Trinajstić information content (AvgIpc) is 3.56. The second-order valence-corrected chi connectivity index (χ2v) is 10.5. The molecule has 0 unspecified atom stereocenters. The van der Waals surface area contributed by atoms with E-state index in [1.807, 2.05) is 31.1 Å². The third kappa shape index (κ3) is 7.73. The minimum atomic E-state index is -4.39. The van der Waals surface area contributed by atoms with Crippen LogP contribution in [0, 0.1) is 0 Å². The number of fused-ring (bicyclic) bond motifs is 1. The van der Waals surface area contributed by atoms with E-state index in [1.54, 1.807) is 36.0 Å². The van der Waals surface area contributed by atoms with Crippen molar-refractivity contribution in [1.29, 1.82) is 0 Å². The molecule has 0 aliphatic carbocycles. The van der Waals surface area contributed by atoms with Gasteiger partial charge >= 0.3 is 12.1 Å². The number of carbonyl (C=O) groups is 1. The van der Waals surface area contributed by atoms with Gasteiger partial charge < -0.3 is 29.8 Å². The molecule has 0 amide bonds. The summed E-state index contributed by atoms with van der Waals surface area (Å²) in [4.78, 5) is 24.0. The molecule has 10 nitrogen and oxygen atoms in total. The Kier molecular flexibility index (Phi) is 9.77. The molecule has 1 saturated heterocycles. The van der Waals surface area contributed by atoms with Gasteiger partial charge in [-0.15, -0.1) is 0 Å². The molecule has 43 heavy (non-hydrogen) atoms. The fourth-order valence-corrected chi connectivity index (χ4v) is 5.00. The lowest BCUT2D eigenvalue weighted by molar-refractivity contribution is -0.137. The van der Waals surface area contributed by atoms with Gasteiger partial charge in [0.25, 0.3) is 0 Å². The molecule has 3 N–H and O–H groups in total. The number of carboxylic acid groups (broad SMARTS) is 1. The molecule has 1 aliphatic heterocycles. The number of rotatable bonds is 8. The second-order valence-electron chi connectivity index (χ2n) is 10.5. The Morgan fingerprint density at radius 3 is 2.49 bits per heavy atom. The van der Waals surface area contributed by atoms with Crippen molar-refractivity contribution in [2.45, 2.75) is 32.1 Å². The highest BCUT2D eigenvalue weighted by atomic mass is 19.4. The number of hydrogen-bond acceptors (Lipinski definition) is 8. The molecule has 1 aliphatic rings. The zero-order valence-electron chi connectivity index (χ0n) is 24.5. The van der Waals surface area contributed by atoms with Crippen molar-refractivity contribution in [1.82, 2.24) is 24.3 Å². The summed E-state index contributed by atoms with van der Waals surface area (Å²) in [5.41, 5.74) is 6.39. The molecule has 0 spiro atoms. The van der Waals surface area contributed by atoms with E-state index in [9.17, 15) is 23.1 Å². The van der Waals surface area contributed by atoms with Gasteiger partial charge in [-0.25, -0.2) is 9.78 Å². The molecule has 0 atom stereocenters. The number of alkyl halides is 3. The number of methoxy groups -OCH3 is 1. The van der Waals surface area contributed by atoms with Crippen molar-refractivity contribution < 1.29 is 32.5 Å². The topological polar surface area (TPSA) is 119 Å². The predicted octanol–water partition coefficient (Wildman–Crippen LogP) is 5.41. The first-order valence-corrected chi connectivity index (χ1v) is 13.6. The number of nitrogens with zero attached hydrogens (tertiary/aromatic N) is 5. The number of halogens is 3. The number of likely N-dealkylation sites (tertiary alicyclic amines) is 1. The van der Waals surface area contributed by atoms with Crippen LogP contribution in [0.5, 0.6) is 17.4 Å². The van der Waals surface area contributed by atoms with Gasteiger partial charge in [0.15, 0.2) is 5.75 Å². The van der Waals surface area contributed by atoms with Gasteiger partial charge in [0.05, 0.1) is 30.4 Å². The number of benzene rings is 2. The Morgan fingerprint density at radius 2 is 1.86 bits per heavy atom. The highest BCUT2D eigenvalue weighted by Gasteiger charge is 2.32. The lowest BCUT2D eigenvalue weighted by atomic mass is 10.1. The third-order valence-corrected chi connectivity index (χ3v) is 6.91. The van der Waals surface area contributed by atoms with E-state index in [1.165, 1.54) is 7.11 Å². The fraction of sp³-hybridized carbons (Fsp3) is 0.367. The molecule has 13 heteroatoms. The normalized spacial score (nSPS) is 13.7. The van der Waals surface area contributed by atoms with E-state index < -0.39 is 17.7 Å². The average molecular weight is 601 g/mol.